The van der Waals surface area contributed by atoms with Crippen molar-refractivity contribution in [1.29, 1.82) is 0 Å². The third-order valence-corrected chi connectivity index (χ3v) is 4.25. The number of ether oxygens (including phenoxy) is 2. The van der Waals surface area contributed by atoms with Gasteiger partial charge in [-0.15, -0.1) is 0 Å². The molecular formula is C16H25BO5. The van der Waals surface area contributed by atoms with Gasteiger partial charge < -0.3 is 23.9 Å². The van der Waals surface area contributed by atoms with Crippen LogP contribution in [0.2, 0.25) is 6.32 Å². The van der Waals surface area contributed by atoms with Crippen molar-refractivity contribution < 1.29 is 23.9 Å². The summed E-state index contributed by atoms with van der Waals surface area (Å²) in [6, 6.07) is 7.29. The average molecular weight is 308 g/mol. The van der Waals surface area contributed by atoms with E-state index in [2.05, 4.69) is 0 Å². The average Bonchev–Trinajstić information content (AvgIpc) is 2.64. The number of aliphatic hydroxyl groups excluding tert-OH is 1. The number of benzene rings is 1. The van der Waals surface area contributed by atoms with Gasteiger partial charge in [-0.3, -0.25) is 0 Å². The molecule has 1 N–H and O–H groups in total. The molecule has 6 heteroatoms. The van der Waals surface area contributed by atoms with E-state index in [0.717, 1.165) is 5.75 Å². The summed E-state index contributed by atoms with van der Waals surface area (Å²) in [4.78, 5) is 0. The standard InChI is InChI=1S/C16H25BO5/c1-15(2)16(3,4)22-17(21-15)10-12(18)11-20-14-8-6-7-13(9-14)19-5/h6-9,12,18H,10-11H2,1-5H3. The van der Waals surface area contributed by atoms with Crippen LogP contribution in [-0.4, -0.2) is 43.2 Å². The molecule has 1 unspecified atom stereocenters. The van der Waals surface area contributed by atoms with E-state index in [1.165, 1.54) is 0 Å². The zero-order chi connectivity index (χ0) is 16.4. The smallest absolute Gasteiger partial charge is 0.460 e. The van der Waals surface area contributed by atoms with Gasteiger partial charge in [0.1, 0.15) is 18.1 Å². The predicted octanol–water partition coefficient (Wildman–Crippen LogP) is 2.53. The Hall–Kier alpha value is -1.24. The fraction of sp³-hybridized carbons (Fsp3) is 0.625. The minimum Gasteiger partial charge on any atom is -0.497 e. The molecule has 22 heavy (non-hydrogen) atoms. The number of hydrogen-bond donors (Lipinski definition) is 1. The van der Waals surface area contributed by atoms with Crippen molar-refractivity contribution in [2.45, 2.75) is 51.3 Å². The Kier molecular flexibility index (Phi) is 5.05. The highest BCUT2D eigenvalue weighted by molar-refractivity contribution is 6.45. The Bertz CT molecular complexity index is 487. The first-order chi connectivity index (χ1) is 10.2. The normalized spacial score (nSPS) is 20.7. The molecule has 122 valence electrons. The molecular weight excluding hydrogens is 283 g/mol. The maximum atomic E-state index is 10.1. The summed E-state index contributed by atoms with van der Waals surface area (Å²) in [7, 11) is 1.18. The summed E-state index contributed by atoms with van der Waals surface area (Å²) < 4.78 is 22.4. The minimum atomic E-state index is -0.666. The molecule has 1 aliphatic heterocycles. The zero-order valence-electron chi connectivity index (χ0n) is 14.0. The second-order valence-electron chi connectivity index (χ2n) is 6.57. The quantitative estimate of drug-likeness (QED) is 0.818. The molecule has 1 aromatic carbocycles. The van der Waals surface area contributed by atoms with Gasteiger partial charge in [0.2, 0.25) is 0 Å². The van der Waals surface area contributed by atoms with Gasteiger partial charge in [-0.25, -0.2) is 0 Å². The first kappa shape index (κ1) is 17.1. The van der Waals surface area contributed by atoms with Crippen molar-refractivity contribution in [3.63, 3.8) is 0 Å². The van der Waals surface area contributed by atoms with Crippen molar-refractivity contribution in [2.24, 2.45) is 0 Å². The van der Waals surface area contributed by atoms with E-state index >= 15 is 0 Å². The van der Waals surface area contributed by atoms with E-state index in [0.29, 0.717) is 12.1 Å². The molecule has 1 aromatic rings. The van der Waals surface area contributed by atoms with Gasteiger partial charge in [0, 0.05) is 12.4 Å². The lowest BCUT2D eigenvalue weighted by molar-refractivity contribution is 0.00578. The summed E-state index contributed by atoms with van der Waals surface area (Å²) in [5.41, 5.74) is -0.768. The van der Waals surface area contributed by atoms with Crippen molar-refractivity contribution in [3.05, 3.63) is 24.3 Å². The minimum absolute atomic E-state index is 0.178. The lowest BCUT2D eigenvalue weighted by Gasteiger charge is -2.32. The van der Waals surface area contributed by atoms with Crippen molar-refractivity contribution in [1.82, 2.24) is 0 Å². The van der Waals surface area contributed by atoms with Crippen LogP contribution in [-0.2, 0) is 9.31 Å². The molecule has 5 nitrogen and oxygen atoms in total. The Balaban J connectivity index is 1.82. The molecule has 1 heterocycles. The van der Waals surface area contributed by atoms with E-state index in [1.54, 1.807) is 13.2 Å². The Morgan fingerprint density at radius 3 is 2.32 bits per heavy atom. The molecule has 0 bridgehead atoms. The molecule has 1 saturated heterocycles. The van der Waals surface area contributed by atoms with E-state index in [9.17, 15) is 5.11 Å². The van der Waals surface area contributed by atoms with Gasteiger partial charge in [-0.05, 0) is 39.8 Å². The van der Waals surface area contributed by atoms with Gasteiger partial charge in [0.05, 0.1) is 24.4 Å². The molecule has 0 saturated carbocycles. The number of methoxy groups -OCH3 is 1. The molecule has 0 spiro atoms. The highest BCUT2D eigenvalue weighted by Gasteiger charge is 2.51. The van der Waals surface area contributed by atoms with Crippen LogP contribution in [0.4, 0.5) is 0 Å². The number of rotatable bonds is 6. The largest absolute Gasteiger partial charge is 0.497 e. The molecule has 0 aliphatic carbocycles. The Morgan fingerprint density at radius 2 is 1.73 bits per heavy atom. The first-order valence-electron chi connectivity index (χ1n) is 7.54. The Morgan fingerprint density at radius 1 is 1.14 bits per heavy atom. The third-order valence-electron chi connectivity index (χ3n) is 4.25. The maximum absolute atomic E-state index is 10.1. The number of aliphatic hydroxyl groups is 1. The van der Waals surface area contributed by atoms with Crippen LogP contribution in [0.15, 0.2) is 24.3 Å². The highest BCUT2D eigenvalue weighted by Crippen LogP contribution is 2.38. The summed E-state index contributed by atoms with van der Waals surface area (Å²) >= 11 is 0. The second kappa shape index (κ2) is 6.48. The Labute approximate surface area is 132 Å². The van der Waals surface area contributed by atoms with Crippen LogP contribution < -0.4 is 9.47 Å². The van der Waals surface area contributed by atoms with Gasteiger partial charge in [-0.2, -0.15) is 0 Å². The van der Waals surface area contributed by atoms with E-state index in [4.69, 9.17) is 18.8 Å². The fourth-order valence-electron chi connectivity index (χ4n) is 2.23. The zero-order valence-corrected chi connectivity index (χ0v) is 14.0. The molecule has 0 aromatic heterocycles. The maximum Gasteiger partial charge on any atom is 0.460 e. The number of hydrogen-bond acceptors (Lipinski definition) is 5. The van der Waals surface area contributed by atoms with Gasteiger partial charge >= 0.3 is 7.12 Å². The van der Waals surface area contributed by atoms with Crippen LogP contribution >= 0.6 is 0 Å². The van der Waals surface area contributed by atoms with E-state index in [-0.39, 0.29) is 17.8 Å². The van der Waals surface area contributed by atoms with Crippen LogP contribution in [0, 0.1) is 0 Å². The summed E-state index contributed by atoms with van der Waals surface area (Å²) in [5.74, 6) is 1.38. The van der Waals surface area contributed by atoms with Crippen LogP contribution in [0.25, 0.3) is 0 Å². The van der Waals surface area contributed by atoms with Crippen molar-refractivity contribution in [2.75, 3.05) is 13.7 Å². The van der Waals surface area contributed by atoms with Crippen LogP contribution in [0.3, 0.4) is 0 Å². The fourth-order valence-corrected chi connectivity index (χ4v) is 2.23. The monoisotopic (exact) mass is 308 g/mol. The van der Waals surface area contributed by atoms with Crippen molar-refractivity contribution >= 4 is 7.12 Å². The second-order valence-corrected chi connectivity index (χ2v) is 6.57. The molecule has 0 radical (unpaired) electrons. The molecule has 1 atom stereocenters. The molecule has 2 rings (SSSR count). The lowest BCUT2D eigenvalue weighted by Crippen LogP contribution is -2.41. The predicted molar refractivity (Wildman–Crippen MR) is 85.4 cm³/mol. The first-order valence-corrected chi connectivity index (χ1v) is 7.54. The molecule has 1 aliphatic rings. The van der Waals surface area contributed by atoms with Gasteiger partial charge in [0.25, 0.3) is 0 Å². The SMILES string of the molecule is COc1cccc(OCC(O)CB2OC(C)(C)C(C)(C)O2)c1. The van der Waals surface area contributed by atoms with Crippen LogP contribution in [0.5, 0.6) is 11.5 Å². The van der Waals surface area contributed by atoms with Gasteiger partial charge in [0.15, 0.2) is 0 Å². The molecule has 0 amide bonds. The lowest BCUT2D eigenvalue weighted by atomic mass is 9.82. The third kappa shape index (κ3) is 3.94. The van der Waals surface area contributed by atoms with Crippen LogP contribution in [0.1, 0.15) is 27.7 Å². The van der Waals surface area contributed by atoms with E-state index in [1.807, 2.05) is 45.9 Å². The topological polar surface area (TPSA) is 57.2 Å². The summed E-state index contributed by atoms with van der Waals surface area (Å²) in [6.45, 7) is 8.15. The van der Waals surface area contributed by atoms with Gasteiger partial charge in [-0.1, -0.05) is 6.07 Å². The molecule has 1 fully saturated rings. The van der Waals surface area contributed by atoms with E-state index < -0.39 is 13.2 Å². The van der Waals surface area contributed by atoms with Crippen molar-refractivity contribution in [3.8, 4) is 11.5 Å². The summed E-state index contributed by atoms with van der Waals surface area (Å²) in [6.07, 6.45) is -0.294. The highest BCUT2D eigenvalue weighted by atomic mass is 16.7. The summed E-state index contributed by atoms with van der Waals surface area (Å²) in [5, 5.41) is 10.1.